The number of benzene rings is 3. The molecule has 2 nitrogen and oxygen atoms in total. The number of aromatic nitrogens is 1. The Balaban J connectivity index is 0.000000259. The highest BCUT2D eigenvalue weighted by molar-refractivity contribution is 6.06. The second-order valence-corrected chi connectivity index (χ2v) is 7.78. The Hall–Kier alpha value is -2.97. The Labute approximate surface area is 187 Å². The zero-order valence-electron chi connectivity index (χ0n) is 18.9. The predicted octanol–water partition coefficient (Wildman–Crippen LogP) is 7.87. The van der Waals surface area contributed by atoms with E-state index < -0.39 is 0 Å². The maximum Gasteiger partial charge on any atom is 0.0702 e. The second-order valence-electron chi connectivity index (χ2n) is 7.78. The van der Waals surface area contributed by atoms with Gasteiger partial charge in [0.2, 0.25) is 0 Å². The molecular weight excluding hydrogens is 376 g/mol. The molecule has 0 spiro atoms. The first-order valence-electron chi connectivity index (χ1n) is 11.5. The SMILES string of the molecule is C=Cc1nccc2c(-c3cccc4ccccc34)cccc12.CCCCNCCCC. The first-order chi connectivity index (χ1) is 15.3. The lowest BCUT2D eigenvalue weighted by Gasteiger charge is -2.11. The number of hydrogen-bond acceptors (Lipinski definition) is 2. The van der Waals surface area contributed by atoms with Crippen molar-refractivity contribution in [2.45, 2.75) is 39.5 Å². The summed E-state index contributed by atoms with van der Waals surface area (Å²) in [5, 5.41) is 8.27. The number of pyridine rings is 1. The summed E-state index contributed by atoms with van der Waals surface area (Å²) < 4.78 is 0. The van der Waals surface area contributed by atoms with Crippen molar-refractivity contribution in [2.75, 3.05) is 13.1 Å². The van der Waals surface area contributed by atoms with Crippen LogP contribution in [0, 0.1) is 0 Å². The molecular formula is C29H34N2. The Morgan fingerprint density at radius 1 is 0.742 bits per heavy atom. The van der Waals surface area contributed by atoms with Crippen molar-refractivity contribution in [2.24, 2.45) is 0 Å². The monoisotopic (exact) mass is 410 g/mol. The van der Waals surface area contributed by atoms with Gasteiger partial charge in [-0.25, -0.2) is 0 Å². The van der Waals surface area contributed by atoms with Gasteiger partial charge in [-0.05, 0) is 65.4 Å². The molecule has 1 heterocycles. The van der Waals surface area contributed by atoms with Crippen LogP contribution in [0.4, 0.5) is 0 Å². The highest BCUT2D eigenvalue weighted by atomic mass is 14.8. The predicted molar refractivity (Wildman–Crippen MR) is 137 cm³/mol. The summed E-state index contributed by atoms with van der Waals surface area (Å²) in [6, 6.07) is 23.4. The zero-order valence-corrected chi connectivity index (χ0v) is 18.9. The van der Waals surface area contributed by atoms with Crippen molar-refractivity contribution >= 4 is 27.6 Å². The average molecular weight is 411 g/mol. The number of nitrogens with one attached hydrogen (secondary N) is 1. The fourth-order valence-corrected chi connectivity index (χ4v) is 3.82. The maximum atomic E-state index is 4.40. The maximum absolute atomic E-state index is 4.40. The summed E-state index contributed by atoms with van der Waals surface area (Å²) in [6.45, 7) is 10.7. The Morgan fingerprint density at radius 3 is 2.06 bits per heavy atom. The summed E-state index contributed by atoms with van der Waals surface area (Å²) in [4.78, 5) is 4.40. The van der Waals surface area contributed by atoms with Gasteiger partial charge in [-0.2, -0.15) is 0 Å². The van der Waals surface area contributed by atoms with E-state index in [0.717, 1.165) is 11.1 Å². The van der Waals surface area contributed by atoms with E-state index in [9.17, 15) is 0 Å². The normalized spacial score (nSPS) is 10.6. The molecule has 0 radical (unpaired) electrons. The molecule has 3 aromatic carbocycles. The molecule has 2 heteroatoms. The van der Waals surface area contributed by atoms with E-state index >= 15 is 0 Å². The Bertz CT molecular complexity index is 1100. The van der Waals surface area contributed by atoms with Gasteiger partial charge in [0.05, 0.1) is 5.69 Å². The lowest BCUT2D eigenvalue weighted by Crippen LogP contribution is -2.15. The van der Waals surface area contributed by atoms with E-state index in [0.29, 0.717) is 0 Å². The molecule has 4 aromatic rings. The standard InChI is InChI=1S/C21H15N.C8H19N/c1-2-21-20-12-6-11-18(19(20)13-14-22-21)17-10-5-8-15-7-3-4-9-16(15)17;1-3-5-7-9-8-6-4-2/h2-14H,1H2;9H,3-8H2,1-2H3. The lowest BCUT2D eigenvalue weighted by molar-refractivity contribution is 0.611. The van der Waals surface area contributed by atoms with E-state index in [-0.39, 0.29) is 0 Å². The highest BCUT2D eigenvalue weighted by Crippen LogP contribution is 2.34. The molecule has 0 atom stereocenters. The van der Waals surface area contributed by atoms with E-state index in [1.807, 2.05) is 12.3 Å². The van der Waals surface area contributed by atoms with E-state index in [2.05, 4.69) is 97.5 Å². The minimum atomic E-state index is 0.930. The molecule has 0 bridgehead atoms. The number of rotatable bonds is 8. The largest absolute Gasteiger partial charge is 0.317 e. The summed E-state index contributed by atoms with van der Waals surface area (Å²) in [6.07, 6.45) is 8.93. The molecule has 0 unspecified atom stereocenters. The van der Waals surface area contributed by atoms with Crippen molar-refractivity contribution in [1.82, 2.24) is 10.3 Å². The van der Waals surface area contributed by atoms with Crippen LogP contribution < -0.4 is 5.32 Å². The van der Waals surface area contributed by atoms with Gasteiger partial charge < -0.3 is 5.32 Å². The molecule has 31 heavy (non-hydrogen) atoms. The molecule has 0 aliphatic carbocycles. The lowest BCUT2D eigenvalue weighted by atomic mass is 9.94. The highest BCUT2D eigenvalue weighted by Gasteiger charge is 2.08. The summed E-state index contributed by atoms with van der Waals surface area (Å²) in [5.41, 5.74) is 3.42. The topological polar surface area (TPSA) is 24.9 Å². The molecule has 0 fully saturated rings. The molecule has 1 N–H and O–H groups in total. The summed E-state index contributed by atoms with van der Waals surface area (Å²) >= 11 is 0. The first kappa shape index (κ1) is 22.7. The van der Waals surface area contributed by atoms with Crippen LogP contribution in [0.3, 0.4) is 0 Å². The average Bonchev–Trinajstić information content (AvgIpc) is 2.83. The van der Waals surface area contributed by atoms with Gasteiger partial charge in [-0.15, -0.1) is 0 Å². The molecule has 0 amide bonds. The number of unbranched alkanes of at least 4 members (excludes halogenated alkanes) is 2. The summed E-state index contributed by atoms with van der Waals surface area (Å²) in [7, 11) is 0. The Kier molecular flexibility index (Phi) is 8.81. The third kappa shape index (κ3) is 5.80. The molecule has 0 saturated carbocycles. The third-order valence-corrected chi connectivity index (χ3v) is 5.52. The van der Waals surface area contributed by atoms with E-state index in [4.69, 9.17) is 0 Å². The minimum absolute atomic E-state index is 0.930. The van der Waals surface area contributed by atoms with Crippen LogP contribution in [-0.4, -0.2) is 18.1 Å². The van der Waals surface area contributed by atoms with Crippen LogP contribution in [0.25, 0.3) is 38.7 Å². The second kappa shape index (κ2) is 12.0. The third-order valence-electron chi connectivity index (χ3n) is 5.52. The van der Waals surface area contributed by atoms with E-state index in [1.165, 1.54) is 66.1 Å². The molecule has 0 aliphatic heterocycles. The van der Waals surface area contributed by atoms with Gasteiger partial charge in [0.15, 0.2) is 0 Å². The Morgan fingerprint density at radius 2 is 1.35 bits per heavy atom. The van der Waals surface area contributed by atoms with E-state index in [1.54, 1.807) is 0 Å². The van der Waals surface area contributed by atoms with Crippen molar-refractivity contribution < 1.29 is 0 Å². The van der Waals surface area contributed by atoms with Gasteiger partial charge in [0, 0.05) is 11.6 Å². The van der Waals surface area contributed by atoms with Crippen LogP contribution in [0.15, 0.2) is 79.5 Å². The molecule has 0 saturated heterocycles. The molecule has 4 rings (SSSR count). The fraction of sp³-hybridized carbons (Fsp3) is 0.276. The molecule has 1 aromatic heterocycles. The first-order valence-corrected chi connectivity index (χ1v) is 11.5. The molecule has 0 aliphatic rings. The van der Waals surface area contributed by atoms with Crippen molar-refractivity contribution in [3.05, 3.63) is 85.2 Å². The molecule has 160 valence electrons. The summed E-state index contributed by atoms with van der Waals surface area (Å²) in [5.74, 6) is 0. The van der Waals surface area contributed by atoms with Gasteiger partial charge in [0.1, 0.15) is 0 Å². The number of nitrogens with zero attached hydrogens (tertiary/aromatic N) is 1. The minimum Gasteiger partial charge on any atom is -0.317 e. The van der Waals surface area contributed by atoms with Gasteiger partial charge in [-0.1, -0.05) is 93.9 Å². The van der Waals surface area contributed by atoms with Crippen molar-refractivity contribution in [3.63, 3.8) is 0 Å². The van der Waals surface area contributed by atoms with Gasteiger partial charge in [0.25, 0.3) is 0 Å². The smallest absolute Gasteiger partial charge is 0.0702 e. The van der Waals surface area contributed by atoms with Crippen LogP contribution in [0.1, 0.15) is 45.2 Å². The van der Waals surface area contributed by atoms with Crippen LogP contribution >= 0.6 is 0 Å². The van der Waals surface area contributed by atoms with Crippen LogP contribution in [0.2, 0.25) is 0 Å². The quantitative estimate of drug-likeness (QED) is 0.299. The number of hydrogen-bond donors (Lipinski definition) is 1. The fourth-order valence-electron chi connectivity index (χ4n) is 3.82. The number of fused-ring (bicyclic) bond motifs is 2. The van der Waals surface area contributed by atoms with Crippen molar-refractivity contribution in [3.8, 4) is 11.1 Å². The van der Waals surface area contributed by atoms with Crippen LogP contribution in [-0.2, 0) is 0 Å². The van der Waals surface area contributed by atoms with Gasteiger partial charge >= 0.3 is 0 Å². The van der Waals surface area contributed by atoms with Crippen LogP contribution in [0.5, 0.6) is 0 Å². The van der Waals surface area contributed by atoms with Crippen molar-refractivity contribution in [1.29, 1.82) is 0 Å². The van der Waals surface area contributed by atoms with Gasteiger partial charge in [-0.3, -0.25) is 4.98 Å². The zero-order chi connectivity index (χ0) is 21.9.